The van der Waals surface area contributed by atoms with E-state index in [1.54, 1.807) is 6.07 Å². The van der Waals surface area contributed by atoms with Crippen molar-refractivity contribution >= 4 is 5.95 Å². The van der Waals surface area contributed by atoms with Gasteiger partial charge < -0.3 is 11.1 Å². The molecule has 0 saturated heterocycles. The quantitative estimate of drug-likeness (QED) is 0.684. The Morgan fingerprint density at radius 1 is 1.77 bits per heavy atom. The molecule has 0 aromatic carbocycles. The highest BCUT2D eigenvalue weighted by atomic mass is 15.1. The first-order valence-corrected chi connectivity index (χ1v) is 3.95. The Hall–Kier alpha value is -1.67. The van der Waals surface area contributed by atoms with Crippen LogP contribution in [0.1, 0.15) is 12.6 Å². The van der Waals surface area contributed by atoms with Crippen LogP contribution in [0.5, 0.6) is 0 Å². The molecule has 0 aliphatic carbocycles. The summed E-state index contributed by atoms with van der Waals surface area (Å²) in [4.78, 5) is 7.85. The molecule has 1 aromatic heterocycles. The van der Waals surface area contributed by atoms with Crippen molar-refractivity contribution in [3.63, 3.8) is 0 Å². The summed E-state index contributed by atoms with van der Waals surface area (Å²) in [5.74, 6) is 0.441. The van der Waals surface area contributed by atoms with Crippen molar-refractivity contribution in [2.75, 3.05) is 11.9 Å². The number of aromatic nitrogens is 2. The minimum absolute atomic E-state index is 0.0364. The number of hydrogen-bond acceptors (Lipinski definition) is 5. The lowest BCUT2D eigenvalue weighted by Gasteiger charge is -2.06. The fraction of sp³-hybridized carbons (Fsp3) is 0.375. The maximum atomic E-state index is 8.55. The molecular formula is C8H11N5. The maximum Gasteiger partial charge on any atom is 0.223 e. The third-order valence-corrected chi connectivity index (χ3v) is 1.35. The Kier molecular flexibility index (Phi) is 3.17. The molecule has 68 valence electrons. The van der Waals surface area contributed by atoms with Gasteiger partial charge in [-0.05, 0) is 13.0 Å². The second-order valence-electron chi connectivity index (χ2n) is 2.74. The van der Waals surface area contributed by atoms with E-state index in [4.69, 9.17) is 11.0 Å². The normalized spacial score (nSPS) is 11.8. The van der Waals surface area contributed by atoms with E-state index in [9.17, 15) is 0 Å². The van der Waals surface area contributed by atoms with E-state index in [0.29, 0.717) is 18.2 Å². The standard InChI is InChI=1S/C8H11N5/c1-6(10)5-12-8-11-3-2-7(4-9)13-8/h2-3,6H,5,10H2,1H3,(H,11,12,13). The van der Waals surface area contributed by atoms with Crippen molar-refractivity contribution in [3.8, 4) is 6.07 Å². The van der Waals surface area contributed by atoms with E-state index in [1.165, 1.54) is 6.20 Å². The average molecular weight is 177 g/mol. The van der Waals surface area contributed by atoms with Gasteiger partial charge in [0.15, 0.2) is 0 Å². The molecule has 1 rings (SSSR count). The minimum atomic E-state index is 0.0364. The van der Waals surface area contributed by atoms with Gasteiger partial charge in [-0.15, -0.1) is 0 Å². The van der Waals surface area contributed by atoms with E-state index in [-0.39, 0.29) is 6.04 Å². The lowest BCUT2D eigenvalue weighted by molar-refractivity contribution is 0.773. The highest BCUT2D eigenvalue weighted by Crippen LogP contribution is 1.98. The number of nitrogens with one attached hydrogen (secondary N) is 1. The molecule has 0 amide bonds. The average Bonchev–Trinajstić information content (AvgIpc) is 2.15. The minimum Gasteiger partial charge on any atom is -0.353 e. The third kappa shape index (κ3) is 3.05. The van der Waals surface area contributed by atoms with Gasteiger partial charge in [-0.25, -0.2) is 9.97 Å². The Morgan fingerprint density at radius 3 is 3.15 bits per heavy atom. The molecular weight excluding hydrogens is 166 g/mol. The predicted molar refractivity (Wildman–Crippen MR) is 48.9 cm³/mol. The summed E-state index contributed by atoms with van der Waals surface area (Å²) < 4.78 is 0. The van der Waals surface area contributed by atoms with Gasteiger partial charge in [0, 0.05) is 18.8 Å². The zero-order chi connectivity index (χ0) is 9.68. The van der Waals surface area contributed by atoms with Gasteiger partial charge in [0.25, 0.3) is 0 Å². The van der Waals surface area contributed by atoms with Crippen molar-refractivity contribution in [3.05, 3.63) is 18.0 Å². The van der Waals surface area contributed by atoms with E-state index in [1.807, 2.05) is 13.0 Å². The number of nitriles is 1. The third-order valence-electron chi connectivity index (χ3n) is 1.35. The molecule has 13 heavy (non-hydrogen) atoms. The molecule has 0 spiro atoms. The Balaban J connectivity index is 2.63. The summed E-state index contributed by atoms with van der Waals surface area (Å²) in [6, 6.07) is 3.52. The van der Waals surface area contributed by atoms with Crippen LogP contribution in [0.25, 0.3) is 0 Å². The highest BCUT2D eigenvalue weighted by molar-refractivity contribution is 5.29. The van der Waals surface area contributed by atoms with E-state index in [0.717, 1.165) is 0 Å². The van der Waals surface area contributed by atoms with Gasteiger partial charge in [-0.3, -0.25) is 0 Å². The second kappa shape index (κ2) is 4.38. The first-order valence-electron chi connectivity index (χ1n) is 3.95. The Morgan fingerprint density at radius 2 is 2.54 bits per heavy atom. The monoisotopic (exact) mass is 177 g/mol. The summed E-state index contributed by atoms with van der Waals surface area (Å²) in [5, 5.41) is 11.5. The van der Waals surface area contributed by atoms with Crippen LogP contribution in [0.3, 0.4) is 0 Å². The summed E-state index contributed by atoms with van der Waals surface area (Å²) >= 11 is 0. The van der Waals surface area contributed by atoms with Crippen molar-refractivity contribution in [1.29, 1.82) is 5.26 Å². The molecule has 5 heteroatoms. The molecule has 1 unspecified atom stereocenters. The van der Waals surface area contributed by atoms with Gasteiger partial charge in [-0.2, -0.15) is 5.26 Å². The topological polar surface area (TPSA) is 87.6 Å². The maximum absolute atomic E-state index is 8.55. The highest BCUT2D eigenvalue weighted by Gasteiger charge is 1.98. The summed E-state index contributed by atoms with van der Waals surface area (Å²) in [6.45, 7) is 2.47. The van der Waals surface area contributed by atoms with Crippen molar-refractivity contribution in [2.45, 2.75) is 13.0 Å². The van der Waals surface area contributed by atoms with Gasteiger partial charge in [-0.1, -0.05) is 0 Å². The smallest absolute Gasteiger partial charge is 0.223 e. The van der Waals surface area contributed by atoms with Gasteiger partial charge in [0.2, 0.25) is 5.95 Å². The summed E-state index contributed by atoms with van der Waals surface area (Å²) in [7, 11) is 0. The van der Waals surface area contributed by atoms with E-state index in [2.05, 4.69) is 15.3 Å². The van der Waals surface area contributed by atoms with Crippen molar-refractivity contribution in [1.82, 2.24) is 9.97 Å². The zero-order valence-corrected chi connectivity index (χ0v) is 7.36. The summed E-state index contributed by atoms with van der Waals surface area (Å²) in [5.41, 5.74) is 5.88. The molecule has 0 saturated carbocycles. The molecule has 5 nitrogen and oxygen atoms in total. The number of anilines is 1. The molecule has 0 bridgehead atoms. The van der Waals surface area contributed by atoms with Gasteiger partial charge in [0.1, 0.15) is 11.8 Å². The molecule has 0 aliphatic rings. The fourth-order valence-electron chi connectivity index (χ4n) is 0.758. The van der Waals surface area contributed by atoms with Crippen molar-refractivity contribution < 1.29 is 0 Å². The van der Waals surface area contributed by atoms with Crippen LogP contribution >= 0.6 is 0 Å². The van der Waals surface area contributed by atoms with Crippen LogP contribution in [0.15, 0.2) is 12.3 Å². The van der Waals surface area contributed by atoms with Gasteiger partial charge in [0.05, 0.1) is 0 Å². The first-order chi connectivity index (χ1) is 6.22. The molecule has 3 N–H and O–H groups in total. The SMILES string of the molecule is CC(N)CNc1nccc(C#N)n1. The number of hydrogen-bond donors (Lipinski definition) is 2. The van der Waals surface area contributed by atoms with Crippen LogP contribution in [0.4, 0.5) is 5.95 Å². The van der Waals surface area contributed by atoms with Crippen molar-refractivity contribution in [2.24, 2.45) is 5.73 Å². The predicted octanol–water partition coefficient (Wildman–Crippen LogP) is 0.107. The van der Waals surface area contributed by atoms with Crippen LogP contribution in [-0.4, -0.2) is 22.6 Å². The largest absolute Gasteiger partial charge is 0.353 e. The number of nitrogens with zero attached hydrogens (tertiary/aromatic N) is 3. The lowest BCUT2D eigenvalue weighted by Crippen LogP contribution is -2.25. The number of rotatable bonds is 3. The Bertz CT molecular complexity index is 315. The zero-order valence-electron chi connectivity index (χ0n) is 7.36. The van der Waals surface area contributed by atoms with Crippen LogP contribution in [0, 0.1) is 11.3 Å². The lowest BCUT2D eigenvalue weighted by atomic mass is 10.4. The molecule has 0 radical (unpaired) electrons. The summed E-state index contributed by atoms with van der Waals surface area (Å²) in [6.07, 6.45) is 1.54. The molecule has 1 aromatic rings. The second-order valence-corrected chi connectivity index (χ2v) is 2.74. The van der Waals surface area contributed by atoms with E-state index >= 15 is 0 Å². The van der Waals surface area contributed by atoms with E-state index < -0.39 is 0 Å². The number of nitrogens with two attached hydrogens (primary N) is 1. The fourth-order valence-corrected chi connectivity index (χ4v) is 0.758. The molecule has 1 atom stereocenters. The van der Waals surface area contributed by atoms with Gasteiger partial charge >= 0.3 is 0 Å². The van der Waals surface area contributed by atoms with Crippen LogP contribution < -0.4 is 11.1 Å². The van der Waals surface area contributed by atoms with Crippen LogP contribution in [-0.2, 0) is 0 Å². The first kappa shape index (κ1) is 9.42. The van der Waals surface area contributed by atoms with Crippen LogP contribution in [0.2, 0.25) is 0 Å². The molecule has 0 aliphatic heterocycles. The molecule has 1 heterocycles. The molecule has 0 fully saturated rings. The Labute approximate surface area is 76.6 Å².